The van der Waals surface area contributed by atoms with E-state index >= 15 is 0 Å². The molecular weight excluding hydrogens is 211 g/mol. The quantitative estimate of drug-likeness (QED) is 0.838. The number of primary amides is 1. The predicted molar refractivity (Wildman–Crippen MR) is 46.5 cm³/mol. The molecule has 15 heavy (non-hydrogen) atoms. The normalized spacial score (nSPS) is 11.1. The van der Waals surface area contributed by atoms with Crippen molar-refractivity contribution in [1.29, 1.82) is 0 Å². The summed E-state index contributed by atoms with van der Waals surface area (Å²) in [6, 6.07) is 5.13. The number of carbonyl (C=O) groups is 1. The number of hydrogen-bond acceptors (Lipinski definition) is 2. The van der Waals surface area contributed by atoms with E-state index in [4.69, 9.17) is 5.73 Å². The zero-order chi connectivity index (χ0) is 11.5. The van der Waals surface area contributed by atoms with Gasteiger partial charge in [0.05, 0.1) is 5.56 Å². The molecule has 0 aliphatic rings. The van der Waals surface area contributed by atoms with Crippen molar-refractivity contribution < 1.29 is 22.7 Å². The summed E-state index contributed by atoms with van der Waals surface area (Å²) >= 11 is 0. The van der Waals surface area contributed by atoms with Gasteiger partial charge in [0, 0.05) is 0 Å². The van der Waals surface area contributed by atoms with Crippen molar-refractivity contribution in [3.63, 3.8) is 0 Å². The lowest BCUT2D eigenvalue weighted by Crippen LogP contribution is -2.28. The molecule has 1 aromatic rings. The first-order chi connectivity index (χ1) is 6.96. The topological polar surface area (TPSA) is 52.3 Å². The fraction of sp³-hybridized carbons (Fsp3) is 0.222. The molecule has 0 fully saturated rings. The highest BCUT2D eigenvalue weighted by Gasteiger charge is 2.32. The van der Waals surface area contributed by atoms with Gasteiger partial charge in [0.25, 0.3) is 5.91 Å². The molecule has 0 saturated carbocycles. The second kappa shape index (κ2) is 4.20. The van der Waals surface area contributed by atoms with E-state index in [0.717, 1.165) is 6.07 Å². The Kier molecular flexibility index (Phi) is 3.18. The van der Waals surface area contributed by atoms with E-state index in [1.807, 2.05) is 0 Å². The van der Waals surface area contributed by atoms with Crippen LogP contribution in [0.3, 0.4) is 0 Å². The Morgan fingerprint density at radius 1 is 1.40 bits per heavy atom. The third-order valence-corrected chi connectivity index (χ3v) is 1.57. The first-order valence-corrected chi connectivity index (χ1v) is 3.98. The second-order valence-corrected chi connectivity index (χ2v) is 2.73. The van der Waals surface area contributed by atoms with Crippen molar-refractivity contribution in [2.45, 2.75) is 6.11 Å². The highest BCUT2D eigenvalue weighted by atomic mass is 19.3. The molecule has 0 aliphatic carbocycles. The Labute approximate surface area is 83.6 Å². The molecule has 0 atom stereocenters. The van der Waals surface area contributed by atoms with Gasteiger partial charge in [-0.2, -0.15) is 8.78 Å². The summed E-state index contributed by atoms with van der Waals surface area (Å²) in [7, 11) is 0. The van der Waals surface area contributed by atoms with Gasteiger partial charge < -0.3 is 10.5 Å². The van der Waals surface area contributed by atoms with E-state index in [9.17, 15) is 18.0 Å². The van der Waals surface area contributed by atoms with Gasteiger partial charge in [0.2, 0.25) is 0 Å². The van der Waals surface area contributed by atoms with Crippen LogP contribution >= 0.6 is 0 Å². The average molecular weight is 219 g/mol. The molecule has 2 N–H and O–H groups in total. The number of carbonyl (C=O) groups excluding carboxylic acids is 1. The van der Waals surface area contributed by atoms with Crippen LogP contribution in [0.1, 0.15) is 10.4 Å². The molecular formula is C9H8F3NO2. The SMILES string of the molecule is NC(=O)c1ccccc1OC(F)(F)CF. The number of amides is 1. The van der Waals surface area contributed by atoms with Crippen LogP contribution in [0.25, 0.3) is 0 Å². The van der Waals surface area contributed by atoms with Crippen molar-refractivity contribution in [3.8, 4) is 5.75 Å². The van der Waals surface area contributed by atoms with Crippen molar-refractivity contribution in [1.82, 2.24) is 0 Å². The molecule has 0 radical (unpaired) electrons. The van der Waals surface area contributed by atoms with Crippen LogP contribution in [0.15, 0.2) is 24.3 Å². The minimum Gasteiger partial charge on any atom is -0.430 e. The summed E-state index contributed by atoms with van der Waals surface area (Å²) in [5.41, 5.74) is 4.70. The maximum atomic E-state index is 12.5. The van der Waals surface area contributed by atoms with Crippen LogP contribution < -0.4 is 10.5 Å². The van der Waals surface area contributed by atoms with Gasteiger partial charge in [-0.3, -0.25) is 4.79 Å². The van der Waals surface area contributed by atoms with Gasteiger partial charge >= 0.3 is 6.11 Å². The molecule has 0 aliphatic heterocycles. The molecule has 0 unspecified atom stereocenters. The molecule has 0 heterocycles. The Balaban J connectivity index is 2.99. The fourth-order valence-electron chi connectivity index (χ4n) is 0.947. The number of ether oxygens (including phenoxy) is 1. The maximum absolute atomic E-state index is 12.5. The zero-order valence-electron chi connectivity index (χ0n) is 7.54. The number of benzene rings is 1. The van der Waals surface area contributed by atoms with Crippen LogP contribution in [0.5, 0.6) is 5.75 Å². The largest absolute Gasteiger partial charge is 0.430 e. The van der Waals surface area contributed by atoms with Crippen molar-refractivity contribution in [2.24, 2.45) is 5.73 Å². The number of para-hydroxylation sites is 1. The molecule has 1 aromatic carbocycles. The Hall–Kier alpha value is -1.72. The lowest BCUT2D eigenvalue weighted by molar-refractivity contribution is -0.186. The minimum absolute atomic E-state index is 0.217. The summed E-state index contributed by atoms with van der Waals surface area (Å²) in [6.07, 6.45) is -3.95. The van der Waals surface area contributed by atoms with Gasteiger partial charge in [-0.05, 0) is 12.1 Å². The molecule has 0 bridgehead atoms. The Morgan fingerprint density at radius 3 is 2.53 bits per heavy atom. The number of nitrogens with two attached hydrogens (primary N) is 1. The van der Waals surface area contributed by atoms with E-state index in [2.05, 4.69) is 4.74 Å². The molecule has 0 saturated heterocycles. The van der Waals surface area contributed by atoms with E-state index in [1.165, 1.54) is 18.2 Å². The number of hydrogen-bond donors (Lipinski definition) is 1. The van der Waals surface area contributed by atoms with Crippen LogP contribution in [0, 0.1) is 0 Å². The molecule has 0 spiro atoms. The van der Waals surface area contributed by atoms with Crippen molar-refractivity contribution in [2.75, 3.05) is 6.67 Å². The smallest absolute Gasteiger partial charge is 0.427 e. The molecule has 1 amide bonds. The average Bonchev–Trinajstić information content (AvgIpc) is 2.18. The Morgan fingerprint density at radius 2 is 2.00 bits per heavy atom. The van der Waals surface area contributed by atoms with E-state index in [0.29, 0.717) is 0 Å². The summed E-state index contributed by atoms with van der Waals surface area (Å²) in [6.45, 7) is -1.97. The van der Waals surface area contributed by atoms with Crippen LogP contribution in [-0.2, 0) is 0 Å². The Bertz CT molecular complexity index is 368. The minimum atomic E-state index is -3.95. The predicted octanol–water partition coefficient (Wildman–Crippen LogP) is 1.73. The maximum Gasteiger partial charge on any atom is 0.427 e. The first kappa shape index (κ1) is 11.4. The van der Waals surface area contributed by atoms with E-state index in [1.54, 1.807) is 0 Å². The molecule has 6 heteroatoms. The standard InChI is InChI=1S/C9H8F3NO2/c10-5-9(11,12)15-7-4-2-1-3-6(7)8(13)14/h1-4H,5H2,(H2,13,14). The highest BCUT2D eigenvalue weighted by Crippen LogP contribution is 2.25. The molecule has 82 valence electrons. The molecule has 0 aromatic heterocycles. The first-order valence-electron chi connectivity index (χ1n) is 3.98. The van der Waals surface area contributed by atoms with Crippen LogP contribution in [0.2, 0.25) is 0 Å². The van der Waals surface area contributed by atoms with Crippen LogP contribution in [0.4, 0.5) is 13.2 Å². The summed E-state index contributed by atoms with van der Waals surface area (Å²) in [5.74, 6) is -1.35. The highest BCUT2D eigenvalue weighted by molar-refractivity contribution is 5.95. The van der Waals surface area contributed by atoms with E-state index < -0.39 is 24.4 Å². The number of alkyl halides is 3. The summed E-state index contributed by atoms with van der Waals surface area (Å²) in [4.78, 5) is 10.8. The second-order valence-electron chi connectivity index (χ2n) is 2.73. The number of rotatable bonds is 4. The lowest BCUT2D eigenvalue weighted by Gasteiger charge is -2.15. The molecule has 3 nitrogen and oxygen atoms in total. The zero-order valence-corrected chi connectivity index (χ0v) is 7.54. The number of halogens is 3. The van der Waals surface area contributed by atoms with Gasteiger partial charge in [-0.1, -0.05) is 12.1 Å². The monoisotopic (exact) mass is 219 g/mol. The summed E-state index contributed by atoms with van der Waals surface area (Å²) in [5, 5.41) is 0. The van der Waals surface area contributed by atoms with Crippen molar-refractivity contribution >= 4 is 5.91 Å². The third kappa shape index (κ3) is 2.87. The van der Waals surface area contributed by atoms with E-state index in [-0.39, 0.29) is 5.56 Å². The van der Waals surface area contributed by atoms with Crippen LogP contribution in [-0.4, -0.2) is 18.7 Å². The third-order valence-electron chi connectivity index (χ3n) is 1.57. The lowest BCUT2D eigenvalue weighted by atomic mass is 10.2. The van der Waals surface area contributed by atoms with Gasteiger partial charge in [0.15, 0.2) is 6.67 Å². The summed E-state index contributed by atoms with van der Waals surface area (Å²) < 4.78 is 40.9. The van der Waals surface area contributed by atoms with Gasteiger partial charge in [0.1, 0.15) is 5.75 Å². The van der Waals surface area contributed by atoms with Gasteiger partial charge in [-0.15, -0.1) is 0 Å². The van der Waals surface area contributed by atoms with Crippen molar-refractivity contribution in [3.05, 3.63) is 29.8 Å². The molecule has 1 rings (SSSR count). The fourth-order valence-corrected chi connectivity index (χ4v) is 0.947. The van der Waals surface area contributed by atoms with Gasteiger partial charge in [-0.25, -0.2) is 4.39 Å².